The summed E-state index contributed by atoms with van der Waals surface area (Å²) < 4.78 is 5.70. The van der Waals surface area contributed by atoms with Crippen LogP contribution in [-0.4, -0.2) is 54.7 Å². The minimum absolute atomic E-state index is 0.605. The van der Waals surface area contributed by atoms with E-state index in [0.717, 1.165) is 43.0 Å². The summed E-state index contributed by atoms with van der Waals surface area (Å²) in [6, 6.07) is 7.93. The monoisotopic (exact) mass is 272 g/mol. The number of hydrogen-bond donors (Lipinski definition) is 0. The van der Waals surface area contributed by atoms with Crippen LogP contribution in [0.4, 0.5) is 5.82 Å². The van der Waals surface area contributed by atoms with Crippen molar-refractivity contribution >= 4 is 16.9 Å². The van der Waals surface area contributed by atoms with Gasteiger partial charge in [0.2, 0.25) is 0 Å². The summed E-state index contributed by atoms with van der Waals surface area (Å²) >= 11 is 0. The predicted molar refractivity (Wildman–Crippen MR) is 80.4 cm³/mol. The first-order valence-corrected chi connectivity index (χ1v) is 7.11. The molecule has 20 heavy (non-hydrogen) atoms. The molecule has 1 fully saturated rings. The second-order valence-electron chi connectivity index (χ2n) is 5.06. The predicted octanol–water partition coefficient (Wildman–Crippen LogP) is 1.78. The summed E-state index contributed by atoms with van der Waals surface area (Å²) in [5.41, 5.74) is 1.80. The zero-order valence-electron chi connectivity index (χ0n) is 12.0. The molecule has 0 amide bonds. The fourth-order valence-electron chi connectivity index (χ4n) is 2.43. The van der Waals surface area contributed by atoms with Crippen LogP contribution < -0.4 is 9.64 Å². The quantitative estimate of drug-likeness (QED) is 0.852. The van der Waals surface area contributed by atoms with Crippen LogP contribution in [0.5, 0.6) is 5.88 Å². The lowest BCUT2D eigenvalue weighted by Gasteiger charge is -2.33. The molecule has 106 valence electrons. The highest BCUT2D eigenvalue weighted by Crippen LogP contribution is 2.27. The van der Waals surface area contributed by atoms with Crippen LogP contribution in [0.1, 0.15) is 6.92 Å². The van der Waals surface area contributed by atoms with Gasteiger partial charge >= 0.3 is 0 Å². The average Bonchev–Trinajstić information content (AvgIpc) is 2.48. The number of para-hydroxylation sites is 2. The van der Waals surface area contributed by atoms with Crippen molar-refractivity contribution in [1.29, 1.82) is 0 Å². The molecule has 0 aliphatic carbocycles. The summed E-state index contributed by atoms with van der Waals surface area (Å²) in [5.74, 6) is 1.52. The summed E-state index contributed by atoms with van der Waals surface area (Å²) in [7, 11) is 2.15. The minimum Gasteiger partial charge on any atom is -0.475 e. The highest BCUT2D eigenvalue weighted by molar-refractivity contribution is 5.77. The second-order valence-corrected chi connectivity index (χ2v) is 5.06. The van der Waals surface area contributed by atoms with Crippen molar-refractivity contribution in [2.24, 2.45) is 0 Å². The SMILES string of the molecule is CCOc1nc2ccccc2nc1N1CCN(C)CC1. The molecule has 5 heteroatoms. The van der Waals surface area contributed by atoms with Gasteiger partial charge in [0.1, 0.15) is 0 Å². The third-order valence-electron chi connectivity index (χ3n) is 3.61. The maximum absolute atomic E-state index is 5.70. The molecule has 0 spiro atoms. The molecule has 0 bridgehead atoms. The highest BCUT2D eigenvalue weighted by Gasteiger charge is 2.20. The van der Waals surface area contributed by atoms with E-state index in [1.807, 2.05) is 31.2 Å². The third-order valence-corrected chi connectivity index (χ3v) is 3.61. The molecular formula is C15H20N4O. The number of piperazine rings is 1. The van der Waals surface area contributed by atoms with Crippen LogP contribution in [0.2, 0.25) is 0 Å². The normalized spacial score (nSPS) is 16.6. The standard InChI is InChI=1S/C15H20N4O/c1-3-20-15-14(19-10-8-18(2)9-11-19)16-12-6-4-5-7-13(12)17-15/h4-7H,3,8-11H2,1-2H3. The molecule has 1 aliphatic rings. The van der Waals surface area contributed by atoms with Crippen molar-refractivity contribution in [1.82, 2.24) is 14.9 Å². The van der Waals surface area contributed by atoms with E-state index >= 15 is 0 Å². The number of anilines is 1. The van der Waals surface area contributed by atoms with Gasteiger partial charge in [-0.2, -0.15) is 0 Å². The zero-order chi connectivity index (χ0) is 13.9. The van der Waals surface area contributed by atoms with Crippen molar-refractivity contribution < 1.29 is 4.74 Å². The van der Waals surface area contributed by atoms with Crippen molar-refractivity contribution in [2.45, 2.75) is 6.92 Å². The first-order chi connectivity index (χ1) is 9.78. The number of hydrogen-bond acceptors (Lipinski definition) is 5. The fraction of sp³-hybridized carbons (Fsp3) is 0.467. The van der Waals surface area contributed by atoms with Crippen molar-refractivity contribution in [2.75, 3.05) is 44.7 Å². The van der Waals surface area contributed by atoms with Crippen molar-refractivity contribution in [3.63, 3.8) is 0 Å². The fourth-order valence-corrected chi connectivity index (χ4v) is 2.43. The lowest BCUT2D eigenvalue weighted by molar-refractivity contribution is 0.303. The molecular weight excluding hydrogens is 252 g/mol. The van der Waals surface area contributed by atoms with Gasteiger partial charge in [0.05, 0.1) is 17.6 Å². The molecule has 2 aromatic rings. The van der Waals surface area contributed by atoms with Crippen LogP contribution in [0.3, 0.4) is 0 Å². The molecule has 1 saturated heterocycles. The number of likely N-dealkylation sites (N-methyl/N-ethyl adjacent to an activating group) is 1. The number of fused-ring (bicyclic) bond motifs is 1. The Morgan fingerprint density at radius 3 is 2.35 bits per heavy atom. The second kappa shape index (κ2) is 5.63. The van der Waals surface area contributed by atoms with E-state index in [9.17, 15) is 0 Å². The van der Waals surface area contributed by atoms with E-state index in [4.69, 9.17) is 9.72 Å². The first kappa shape index (κ1) is 13.1. The molecule has 0 unspecified atom stereocenters. The molecule has 1 aromatic carbocycles. The van der Waals surface area contributed by atoms with Gasteiger partial charge in [-0.1, -0.05) is 12.1 Å². The lowest BCUT2D eigenvalue weighted by atomic mass is 10.3. The lowest BCUT2D eigenvalue weighted by Crippen LogP contribution is -2.45. The molecule has 5 nitrogen and oxygen atoms in total. The van der Waals surface area contributed by atoms with Gasteiger partial charge < -0.3 is 14.5 Å². The Labute approximate surface area is 119 Å². The van der Waals surface area contributed by atoms with E-state index in [-0.39, 0.29) is 0 Å². The van der Waals surface area contributed by atoms with E-state index in [1.54, 1.807) is 0 Å². The van der Waals surface area contributed by atoms with E-state index in [1.165, 1.54) is 0 Å². The zero-order valence-corrected chi connectivity index (χ0v) is 12.0. The van der Waals surface area contributed by atoms with Crippen LogP contribution in [0, 0.1) is 0 Å². The van der Waals surface area contributed by atoms with Crippen LogP contribution in [-0.2, 0) is 0 Å². The van der Waals surface area contributed by atoms with Gasteiger partial charge in [0.15, 0.2) is 5.82 Å². The summed E-state index contributed by atoms with van der Waals surface area (Å²) in [4.78, 5) is 14.0. The summed E-state index contributed by atoms with van der Waals surface area (Å²) in [6.07, 6.45) is 0. The van der Waals surface area contributed by atoms with E-state index in [2.05, 4.69) is 21.8 Å². The number of rotatable bonds is 3. The van der Waals surface area contributed by atoms with Crippen LogP contribution in [0.25, 0.3) is 11.0 Å². The van der Waals surface area contributed by atoms with E-state index in [0.29, 0.717) is 12.5 Å². The minimum atomic E-state index is 0.605. The van der Waals surface area contributed by atoms with Gasteiger partial charge in [-0.05, 0) is 26.1 Å². The average molecular weight is 272 g/mol. The van der Waals surface area contributed by atoms with Gasteiger partial charge in [-0.3, -0.25) is 0 Å². The number of nitrogens with zero attached hydrogens (tertiary/aromatic N) is 4. The van der Waals surface area contributed by atoms with Gasteiger partial charge in [-0.15, -0.1) is 0 Å². The summed E-state index contributed by atoms with van der Waals surface area (Å²) in [6.45, 7) is 6.59. The maximum Gasteiger partial charge on any atom is 0.258 e. The summed E-state index contributed by atoms with van der Waals surface area (Å²) in [5, 5.41) is 0. The molecule has 1 aliphatic heterocycles. The first-order valence-electron chi connectivity index (χ1n) is 7.11. The van der Waals surface area contributed by atoms with Gasteiger partial charge in [0, 0.05) is 26.2 Å². The Morgan fingerprint density at radius 1 is 1.05 bits per heavy atom. The Bertz CT molecular complexity index is 593. The van der Waals surface area contributed by atoms with Gasteiger partial charge in [0.25, 0.3) is 5.88 Å². The number of benzene rings is 1. The number of aromatic nitrogens is 2. The van der Waals surface area contributed by atoms with Crippen molar-refractivity contribution in [3.8, 4) is 5.88 Å². The van der Waals surface area contributed by atoms with E-state index < -0.39 is 0 Å². The Morgan fingerprint density at radius 2 is 1.70 bits per heavy atom. The molecule has 0 N–H and O–H groups in total. The van der Waals surface area contributed by atoms with Crippen LogP contribution >= 0.6 is 0 Å². The van der Waals surface area contributed by atoms with Crippen LogP contribution in [0.15, 0.2) is 24.3 Å². The highest BCUT2D eigenvalue weighted by atomic mass is 16.5. The Balaban J connectivity index is 2.00. The molecule has 0 atom stereocenters. The molecule has 0 radical (unpaired) electrons. The molecule has 1 aromatic heterocycles. The molecule has 2 heterocycles. The number of ether oxygens (including phenoxy) is 1. The Hall–Kier alpha value is -1.88. The van der Waals surface area contributed by atoms with Crippen molar-refractivity contribution in [3.05, 3.63) is 24.3 Å². The molecule has 0 saturated carbocycles. The topological polar surface area (TPSA) is 41.5 Å². The molecule has 3 rings (SSSR count). The third kappa shape index (κ3) is 2.54. The maximum atomic E-state index is 5.70. The smallest absolute Gasteiger partial charge is 0.258 e. The Kier molecular flexibility index (Phi) is 3.69. The largest absolute Gasteiger partial charge is 0.475 e. The van der Waals surface area contributed by atoms with Gasteiger partial charge in [-0.25, -0.2) is 9.97 Å².